The fourth-order valence-corrected chi connectivity index (χ4v) is 2.19. The van der Waals surface area contributed by atoms with Gasteiger partial charge >= 0.3 is 5.97 Å². The standard InChI is InChI=1S/C20H29N3O6/c1-13(19(27)28)21-18(26)15(12-17(25)23-29-20(2,3)4)22-16(24)11-10-14-8-6-5-7-9-14/h5-9,13,15H,10-12H2,1-4H3,(H,21,26)(H,22,24)(H,23,25)(H,27,28)/t13-,15-/m0/s1. The van der Waals surface area contributed by atoms with E-state index in [1.807, 2.05) is 30.3 Å². The van der Waals surface area contributed by atoms with Gasteiger partial charge in [-0.25, -0.2) is 5.48 Å². The summed E-state index contributed by atoms with van der Waals surface area (Å²) in [6.07, 6.45) is 0.180. The number of hydroxylamine groups is 1. The van der Waals surface area contributed by atoms with Gasteiger partial charge in [-0.15, -0.1) is 0 Å². The summed E-state index contributed by atoms with van der Waals surface area (Å²) in [7, 11) is 0. The molecule has 0 spiro atoms. The maximum Gasteiger partial charge on any atom is 0.325 e. The molecule has 0 unspecified atom stereocenters. The Bertz CT molecular complexity index is 715. The lowest BCUT2D eigenvalue weighted by Gasteiger charge is -2.22. The van der Waals surface area contributed by atoms with Crippen LogP contribution in [0.1, 0.15) is 46.1 Å². The molecular weight excluding hydrogens is 378 g/mol. The lowest BCUT2D eigenvalue weighted by atomic mass is 10.1. The first-order chi connectivity index (χ1) is 13.5. The molecule has 160 valence electrons. The SMILES string of the molecule is C[C@H](NC(=O)[C@H](CC(=O)NOC(C)(C)C)NC(=O)CCc1ccccc1)C(=O)O. The minimum absolute atomic E-state index is 0.113. The van der Waals surface area contributed by atoms with E-state index in [-0.39, 0.29) is 6.42 Å². The predicted molar refractivity (Wildman–Crippen MR) is 106 cm³/mol. The molecule has 4 N–H and O–H groups in total. The highest BCUT2D eigenvalue weighted by molar-refractivity contribution is 5.93. The van der Waals surface area contributed by atoms with Crippen molar-refractivity contribution in [2.45, 2.75) is 64.6 Å². The first-order valence-corrected chi connectivity index (χ1v) is 9.31. The van der Waals surface area contributed by atoms with Gasteiger partial charge in [-0.3, -0.25) is 24.0 Å². The molecule has 0 bridgehead atoms. The molecule has 1 aromatic carbocycles. The number of carbonyl (C=O) groups is 4. The summed E-state index contributed by atoms with van der Waals surface area (Å²) in [5.41, 5.74) is 2.55. The number of hydrogen-bond acceptors (Lipinski definition) is 5. The third-order valence-electron chi connectivity index (χ3n) is 3.73. The van der Waals surface area contributed by atoms with E-state index < -0.39 is 47.8 Å². The molecule has 1 aromatic rings. The molecule has 0 aliphatic rings. The van der Waals surface area contributed by atoms with Crippen LogP contribution in [0, 0.1) is 0 Å². The summed E-state index contributed by atoms with van der Waals surface area (Å²) < 4.78 is 0. The average molecular weight is 407 g/mol. The Morgan fingerprint density at radius 3 is 2.21 bits per heavy atom. The number of carbonyl (C=O) groups excluding carboxylic acids is 3. The number of nitrogens with one attached hydrogen (secondary N) is 3. The molecule has 29 heavy (non-hydrogen) atoms. The number of carboxylic acids is 1. The Kier molecular flexibility index (Phi) is 9.27. The van der Waals surface area contributed by atoms with Crippen molar-refractivity contribution < 1.29 is 29.1 Å². The van der Waals surface area contributed by atoms with Crippen LogP contribution < -0.4 is 16.1 Å². The largest absolute Gasteiger partial charge is 0.480 e. The van der Waals surface area contributed by atoms with E-state index in [9.17, 15) is 19.2 Å². The zero-order valence-corrected chi connectivity index (χ0v) is 17.2. The molecule has 0 aromatic heterocycles. The van der Waals surface area contributed by atoms with Crippen LogP contribution in [0.4, 0.5) is 0 Å². The van der Waals surface area contributed by atoms with Crippen molar-refractivity contribution in [3.05, 3.63) is 35.9 Å². The van der Waals surface area contributed by atoms with Gasteiger partial charge in [0.25, 0.3) is 0 Å². The van der Waals surface area contributed by atoms with E-state index in [1.54, 1.807) is 20.8 Å². The molecule has 9 heteroatoms. The minimum Gasteiger partial charge on any atom is -0.480 e. The van der Waals surface area contributed by atoms with E-state index in [1.165, 1.54) is 6.92 Å². The third-order valence-corrected chi connectivity index (χ3v) is 3.73. The van der Waals surface area contributed by atoms with E-state index in [0.29, 0.717) is 6.42 Å². The second-order valence-corrected chi connectivity index (χ2v) is 7.62. The average Bonchev–Trinajstić information content (AvgIpc) is 2.64. The highest BCUT2D eigenvalue weighted by Crippen LogP contribution is 2.06. The summed E-state index contributed by atoms with van der Waals surface area (Å²) in [6, 6.07) is 6.94. The first-order valence-electron chi connectivity index (χ1n) is 9.31. The van der Waals surface area contributed by atoms with Crippen molar-refractivity contribution in [2.75, 3.05) is 0 Å². The maximum atomic E-state index is 12.4. The highest BCUT2D eigenvalue weighted by atomic mass is 16.7. The van der Waals surface area contributed by atoms with Crippen LogP contribution in [0.3, 0.4) is 0 Å². The quantitative estimate of drug-likeness (QED) is 0.426. The van der Waals surface area contributed by atoms with Gasteiger partial charge in [0.1, 0.15) is 12.1 Å². The molecule has 0 saturated heterocycles. The van der Waals surface area contributed by atoms with Crippen molar-refractivity contribution in [3.63, 3.8) is 0 Å². The predicted octanol–water partition coefficient (Wildman–Crippen LogP) is 0.930. The second kappa shape index (κ2) is 11.2. The van der Waals surface area contributed by atoms with E-state index in [4.69, 9.17) is 9.94 Å². The summed E-state index contributed by atoms with van der Waals surface area (Å²) in [5, 5.41) is 13.7. The summed E-state index contributed by atoms with van der Waals surface area (Å²) >= 11 is 0. The smallest absolute Gasteiger partial charge is 0.325 e. The number of aliphatic carboxylic acids is 1. The number of hydrogen-bond donors (Lipinski definition) is 4. The molecule has 0 heterocycles. The van der Waals surface area contributed by atoms with Crippen LogP contribution in [0.25, 0.3) is 0 Å². The normalized spacial score (nSPS) is 13.1. The van der Waals surface area contributed by atoms with Crippen molar-refractivity contribution in [1.82, 2.24) is 16.1 Å². The Hall–Kier alpha value is -2.94. The molecule has 3 amide bonds. The van der Waals surface area contributed by atoms with Crippen molar-refractivity contribution >= 4 is 23.7 Å². The van der Waals surface area contributed by atoms with Gasteiger partial charge in [-0.1, -0.05) is 30.3 Å². The van der Waals surface area contributed by atoms with Gasteiger partial charge in [0.15, 0.2) is 0 Å². The Labute approximate surface area is 170 Å². The molecule has 0 saturated carbocycles. The molecule has 1 rings (SSSR count). The molecule has 0 fully saturated rings. The first kappa shape index (κ1) is 24.1. The van der Waals surface area contributed by atoms with Crippen LogP contribution in [0.5, 0.6) is 0 Å². The van der Waals surface area contributed by atoms with Crippen LogP contribution in [0.15, 0.2) is 30.3 Å². The second-order valence-electron chi connectivity index (χ2n) is 7.62. The Balaban J connectivity index is 2.72. The zero-order valence-electron chi connectivity index (χ0n) is 17.2. The van der Waals surface area contributed by atoms with Gasteiger partial charge < -0.3 is 15.7 Å². The van der Waals surface area contributed by atoms with Crippen LogP contribution in [0.2, 0.25) is 0 Å². The van der Waals surface area contributed by atoms with Gasteiger partial charge in [0, 0.05) is 6.42 Å². The van der Waals surface area contributed by atoms with Crippen LogP contribution in [-0.4, -0.2) is 46.5 Å². The number of aryl methyl sites for hydroxylation is 1. The maximum absolute atomic E-state index is 12.4. The van der Waals surface area contributed by atoms with Crippen molar-refractivity contribution in [3.8, 4) is 0 Å². The van der Waals surface area contributed by atoms with Gasteiger partial charge in [0.05, 0.1) is 12.0 Å². The van der Waals surface area contributed by atoms with E-state index >= 15 is 0 Å². The molecular formula is C20H29N3O6. The van der Waals surface area contributed by atoms with Gasteiger partial charge in [-0.2, -0.15) is 0 Å². The van der Waals surface area contributed by atoms with Gasteiger partial charge in [-0.05, 0) is 39.7 Å². The third kappa shape index (κ3) is 10.2. The van der Waals surface area contributed by atoms with Crippen LogP contribution >= 0.6 is 0 Å². The fourth-order valence-electron chi connectivity index (χ4n) is 2.19. The Morgan fingerprint density at radius 1 is 1.03 bits per heavy atom. The van der Waals surface area contributed by atoms with Crippen molar-refractivity contribution in [2.24, 2.45) is 0 Å². The zero-order chi connectivity index (χ0) is 22.0. The summed E-state index contributed by atoms with van der Waals surface area (Å²) in [4.78, 5) is 52.9. The fraction of sp³-hybridized carbons (Fsp3) is 0.500. The number of benzene rings is 1. The number of amides is 3. The molecule has 0 aliphatic carbocycles. The highest BCUT2D eigenvalue weighted by Gasteiger charge is 2.27. The number of rotatable bonds is 10. The molecule has 9 nitrogen and oxygen atoms in total. The topological polar surface area (TPSA) is 134 Å². The minimum atomic E-state index is -1.23. The van der Waals surface area contributed by atoms with E-state index in [0.717, 1.165) is 5.56 Å². The van der Waals surface area contributed by atoms with Crippen molar-refractivity contribution in [1.29, 1.82) is 0 Å². The lowest BCUT2D eigenvalue weighted by molar-refractivity contribution is -0.148. The molecule has 2 atom stereocenters. The molecule has 0 aliphatic heterocycles. The molecule has 0 radical (unpaired) electrons. The monoisotopic (exact) mass is 407 g/mol. The van der Waals surface area contributed by atoms with Gasteiger partial charge in [0.2, 0.25) is 17.7 Å². The lowest BCUT2D eigenvalue weighted by Crippen LogP contribution is -2.52. The number of carboxylic acid groups (broad SMARTS) is 1. The Morgan fingerprint density at radius 2 is 1.66 bits per heavy atom. The summed E-state index contributed by atoms with van der Waals surface area (Å²) in [6.45, 7) is 6.49. The summed E-state index contributed by atoms with van der Waals surface area (Å²) in [5.74, 6) is -3.04. The van der Waals surface area contributed by atoms with Crippen LogP contribution in [-0.2, 0) is 30.4 Å². The van der Waals surface area contributed by atoms with E-state index in [2.05, 4.69) is 16.1 Å².